The largest absolute Gasteiger partial charge is 0.356 e. The number of aryl methyl sites for hydroxylation is 2. The van der Waals surface area contributed by atoms with Crippen molar-refractivity contribution in [2.75, 3.05) is 20.1 Å². The third-order valence-corrected chi connectivity index (χ3v) is 4.40. The van der Waals surface area contributed by atoms with Gasteiger partial charge >= 0.3 is 0 Å². The molecule has 0 atom stereocenters. The van der Waals surface area contributed by atoms with Crippen molar-refractivity contribution < 1.29 is 0 Å². The Morgan fingerprint density at radius 2 is 1.67 bits per heavy atom. The maximum Gasteiger partial charge on any atom is 0.190 e. The van der Waals surface area contributed by atoms with Crippen LogP contribution in [0.2, 0.25) is 0 Å². The van der Waals surface area contributed by atoms with Gasteiger partial charge in [0.25, 0.3) is 0 Å². The maximum atomic E-state index is 4.43. The molecule has 1 heterocycles. The number of fused-ring (bicyclic) bond motifs is 1. The number of halogens is 1. The van der Waals surface area contributed by atoms with Gasteiger partial charge < -0.3 is 15.2 Å². The van der Waals surface area contributed by atoms with E-state index in [0.29, 0.717) is 0 Å². The summed E-state index contributed by atoms with van der Waals surface area (Å²) in [6, 6.07) is 18.8. The van der Waals surface area contributed by atoms with Crippen LogP contribution in [0.25, 0.3) is 11.0 Å². The van der Waals surface area contributed by atoms with Gasteiger partial charge in [-0.2, -0.15) is 0 Å². The van der Waals surface area contributed by atoms with Crippen LogP contribution in [0, 0.1) is 0 Å². The summed E-state index contributed by atoms with van der Waals surface area (Å²) in [5, 5.41) is 6.77. The number of rotatable bonds is 8. The molecule has 5 nitrogen and oxygen atoms in total. The van der Waals surface area contributed by atoms with E-state index in [4.69, 9.17) is 0 Å². The molecule has 0 fully saturated rings. The molecule has 2 N–H and O–H groups in total. The van der Waals surface area contributed by atoms with Crippen LogP contribution in [0.5, 0.6) is 0 Å². The summed E-state index contributed by atoms with van der Waals surface area (Å²) >= 11 is 0. The van der Waals surface area contributed by atoms with Gasteiger partial charge in [-0.25, -0.2) is 4.98 Å². The number of imidazole rings is 1. The Hall–Kier alpha value is -2.09. The van der Waals surface area contributed by atoms with Crippen molar-refractivity contribution in [3.05, 3.63) is 66.5 Å². The molecule has 0 radical (unpaired) electrons. The van der Waals surface area contributed by atoms with Gasteiger partial charge in [0.05, 0.1) is 17.4 Å². The molecular formula is C21H28IN5. The molecule has 3 rings (SSSR count). The highest BCUT2D eigenvalue weighted by Gasteiger charge is 2.01. The van der Waals surface area contributed by atoms with E-state index >= 15 is 0 Å². The molecule has 27 heavy (non-hydrogen) atoms. The van der Waals surface area contributed by atoms with E-state index in [9.17, 15) is 0 Å². The summed E-state index contributed by atoms with van der Waals surface area (Å²) in [5.41, 5.74) is 3.62. The molecular weight excluding hydrogens is 449 g/mol. The summed E-state index contributed by atoms with van der Waals surface area (Å²) in [6.45, 7) is 2.74. The summed E-state index contributed by atoms with van der Waals surface area (Å²) < 4.78 is 2.20. The third kappa shape index (κ3) is 6.53. The molecule has 0 bridgehead atoms. The van der Waals surface area contributed by atoms with Crippen molar-refractivity contribution in [1.82, 2.24) is 20.2 Å². The molecule has 0 unspecified atom stereocenters. The van der Waals surface area contributed by atoms with Crippen LogP contribution in [0.15, 0.2) is 65.9 Å². The highest BCUT2D eigenvalue weighted by Crippen LogP contribution is 2.11. The molecule has 144 valence electrons. The highest BCUT2D eigenvalue weighted by molar-refractivity contribution is 14.0. The number of aromatic nitrogens is 2. The standard InChI is InChI=1S/C21H27N5.HI/c1-22-21(23-14-7-11-18-9-3-2-4-10-18)24-15-8-16-26-17-25-19-12-5-6-13-20(19)26;/h2-6,9-10,12-13,17H,7-8,11,14-16H2,1H3,(H2,22,23,24);1H. The first-order valence-corrected chi connectivity index (χ1v) is 9.25. The van der Waals surface area contributed by atoms with E-state index in [1.807, 2.05) is 25.5 Å². The van der Waals surface area contributed by atoms with Crippen LogP contribution in [-0.4, -0.2) is 35.6 Å². The quantitative estimate of drug-likeness (QED) is 0.224. The topological polar surface area (TPSA) is 54.2 Å². The summed E-state index contributed by atoms with van der Waals surface area (Å²) in [4.78, 5) is 8.72. The SMILES string of the molecule is CN=C(NCCCc1ccccc1)NCCCn1cnc2ccccc21.I. The molecule has 0 aliphatic carbocycles. The van der Waals surface area contributed by atoms with Crippen molar-refractivity contribution in [2.24, 2.45) is 4.99 Å². The number of hydrogen-bond acceptors (Lipinski definition) is 2. The fraction of sp³-hybridized carbons (Fsp3) is 0.333. The monoisotopic (exact) mass is 477 g/mol. The van der Waals surface area contributed by atoms with Gasteiger partial charge in [-0.3, -0.25) is 4.99 Å². The lowest BCUT2D eigenvalue weighted by Crippen LogP contribution is -2.38. The zero-order valence-corrected chi connectivity index (χ0v) is 18.1. The third-order valence-electron chi connectivity index (χ3n) is 4.40. The molecule has 1 aromatic heterocycles. The van der Waals surface area contributed by atoms with E-state index in [1.165, 1.54) is 11.1 Å². The van der Waals surface area contributed by atoms with E-state index in [0.717, 1.165) is 50.4 Å². The molecule has 0 aliphatic rings. The number of para-hydroxylation sites is 2. The molecule has 0 aliphatic heterocycles. The minimum Gasteiger partial charge on any atom is -0.356 e. The summed E-state index contributed by atoms with van der Waals surface area (Å²) in [5.74, 6) is 0.869. The van der Waals surface area contributed by atoms with Gasteiger partial charge in [-0.05, 0) is 37.0 Å². The Kier molecular flexibility index (Phi) is 9.10. The van der Waals surface area contributed by atoms with Crippen LogP contribution in [0.4, 0.5) is 0 Å². The first-order valence-electron chi connectivity index (χ1n) is 9.25. The summed E-state index contributed by atoms with van der Waals surface area (Å²) in [6.07, 6.45) is 5.11. The van der Waals surface area contributed by atoms with Crippen LogP contribution < -0.4 is 10.6 Å². The predicted molar refractivity (Wildman–Crippen MR) is 124 cm³/mol. The highest BCUT2D eigenvalue weighted by atomic mass is 127. The average Bonchev–Trinajstić information content (AvgIpc) is 3.11. The summed E-state index contributed by atoms with van der Waals surface area (Å²) in [7, 11) is 1.82. The van der Waals surface area contributed by atoms with E-state index in [1.54, 1.807) is 0 Å². The number of guanidine groups is 1. The molecule has 0 saturated heterocycles. The van der Waals surface area contributed by atoms with Gasteiger partial charge in [-0.1, -0.05) is 42.5 Å². The van der Waals surface area contributed by atoms with Gasteiger partial charge in [0.1, 0.15) is 0 Å². The molecule has 2 aromatic carbocycles. The van der Waals surface area contributed by atoms with Crippen molar-refractivity contribution >= 4 is 41.0 Å². The average molecular weight is 477 g/mol. The number of hydrogen-bond donors (Lipinski definition) is 2. The fourth-order valence-corrected chi connectivity index (χ4v) is 3.01. The number of benzene rings is 2. The zero-order valence-electron chi connectivity index (χ0n) is 15.8. The van der Waals surface area contributed by atoms with E-state index in [-0.39, 0.29) is 24.0 Å². The zero-order chi connectivity index (χ0) is 18.0. The first kappa shape index (κ1) is 21.2. The fourth-order valence-electron chi connectivity index (χ4n) is 3.01. The Balaban J connectivity index is 0.00000261. The van der Waals surface area contributed by atoms with Gasteiger partial charge in [0, 0.05) is 26.7 Å². The van der Waals surface area contributed by atoms with Gasteiger partial charge in [-0.15, -0.1) is 24.0 Å². The molecule has 0 spiro atoms. The van der Waals surface area contributed by atoms with Gasteiger partial charge in [0.15, 0.2) is 5.96 Å². The first-order chi connectivity index (χ1) is 12.9. The Bertz CT molecular complexity index is 829. The minimum absolute atomic E-state index is 0. The second kappa shape index (κ2) is 11.6. The van der Waals surface area contributed by atoms with E-state index < -0.39 is 0 Å². The number of aliphatic imine (C=N–C) groups is 1. The normalized spacial score (nSPS) is 11.2. The molecule has 0 amide bonds. The van der Waals surface area contributed by atoms with Crippen LogP contribution >= 0.6 is 24.0 Å². The van der Waals surface area contributed by atoms with Crippen molar-refractivity contribution in [3.8, 4) is 0 Å². The van der Waals surface area contributed by atoms with Crippen LogP contribution in [0.1, 0.15) is 18.4 Å². The molecule has 3 aromatic rings. The van der Waals surface area contributed by atoms with Gasteiger partial charge in [0.2, 0.25) is 0 Å². The predicted octanol–water partition coefficient (Wildman–Crippen LogP) is 3.84. The molecule has 6 heteroatoms. The van der Waals surface area contributed by atoms with E-state index in [2.05, 4.69) is 67.6 Å². The lowest BCUT2D eigenvalue weighted by molar-refractivity contribution is 0.635. The Morgan fingerprint density at radius 3 is 2.44 bits per heavy atom. The maximum absolute atomic E-state index is 4.43. The minimum atomic E-state index is 0. The van der Waals surface area contributed by atoms with Crippen LogP contribution in [0.3, 0.4) is 0 Å². The van der Waals surface area contributed by atoms with Crippen molar-refractivity contribution in [3.63, 3.8) is 0 Å². The lowest BCUT2D eigenvalue weighted by Gasteiger charge is -2.12. The lowest BCUT2D eigenvalue weighted by atomic mass is 10.1. The second-order valence-electron chi connectivity index (χ2n) is 6.30. The number of nitrogens with one attached hydrogen (secondary N) is 2. The van der Waals surface area contributed by atoms with Crippen molar-refractivity contribution in [2.45, 2.75) is 25.8 Å². The Labute approximate surface area is 178 Å². The Morgan fingerprint density at radius 1 is 0.963 bits per heavy atom. The van der Waals surface area contributed by atoms with Crippen LogP contribution in [-0.2, 0) is 13.0 Å². The molecule has 0 saturated carbocycles. The smallest absolute Gasteiger partial charge is 0.190 e. The van der Waals surface area contributed by atoms with Crippen molar-refractivity contribution in [1.29, 1.82) is 0 Å². The second-order valence-corrected chi connectivity index (χ2v) is 6.30. The number of nitrogens with zero attached hydrogens (tertiary/aromatic N) is 3.